The second-order valence-corrected chi connectivity index (χ2v) is 25.2. The number of aromatic carboxylic acids is 3. The van der Waals surface area contributed by atoms with Gasteiger partial charge in [0.05, 0.1) is 16.7 Å². The molecule has 0 amide bonds. The molecule has 11 aromatic rings. The van der Waals surface area contributed by atoms with Crippen LogP contribution < -0.4 is 20.9 Å². The molecule has 11 aromatic carbocycles. The number of hydrogen-bond donors (Lipinski definition) is 6. The van der Waals surface area contributed by atoms with Gasteiger partial charge in [0.15, 0.2) is 33.6 Å². The second-order valence-electron chi connectivity index (χ2n) is 25.2. The zero-order chi connectivity index (χ0) is 52.6. The van der Waals surface area contributed by atoms with E-state index in [-0.39, 0.29) is 33.9 Å². The number of aromatic hydroxyl groups is 2. The van der Waals surface area contributed by atoms with E-state index in [1.54, 1.807) is 42.5 Å². The number of aliphatic hydroxyl groups is 1. The Balaban J connectivity index is 1.10. The van der Waals surface area contributed by atoms with Gasteiger partial charge in [0, 0.05) is 98.9 Å². The minimum absolute atomic E-state index is 0.0203. The molecule has 81 heavy (non-hydrogen) atoms. The standard InChI is InChI=1S/C69H22O12/c70-24-13-23-9-20-10-31-42-49-52(20)66-56-44-39(33(14-24)64(23,66)79-66)32(63(77)78)15-29-37-26(62(75)76)5-4-18-7-22-8-19-6-17-2-1-3-25-35(17)43-47-45-40(25)34(71)16-28-27-11-21(61(73)74)12-30(60(31)72)38(27)55(42)68(53(28)45)69(81-68)57(49)50(56)48-46(41(29)44)54(36(18)37)65(22)67(80-65,51(19)43)59(48)58(47)69/h1-16,70-72H,(H,73,74)(H,75,76)(H,77,78). The number of ether oxygens (including phenoxy) is 3. The molecule has 6 unspecified atom stereocenters. The first kappa shape index (κ1) is 37.7. The van der Waals surface area contributed by atoms with E-state index >= 15 is 0 Å². The molecule has 12 heteroatoms. The molecule has 0 radical (unpaired) electrons. The van der Waals surface area contributed by atoms with E-state index in [1.165, 1.54) is 0 Å². The van der Waals surface area contributed by atoms with E-state index in [0.717, 1.165) is 125 Å². The molecule has 12 aliphatic carbocycles. The number of benzene rings is 11. The van der Waals surface area contributed by atoms with Crippen LogP contribution in [-0.4, -0.2) is 59.7 Å². The summed E-state index contributed by atoms with van der Waals surface area (Å²) in [6.07, 6.45) is 9.68. The lowest BCUT2D eigenvalue weighted by Crippen LogP contribution is -2.59. The lowest BCUT2D eigenvalue weighted by atomic mass is 9.47. The minimum Gasteiger partial charge on any atom is -0.508 e. The lowest BCUT2D eigenvalue weighted by molar-refractivity contribution is 0.0686. The van der Waals surface area contributed by atoms with Gasteiger partial charge in [0.1, 0.15) is 17.3 Å². The molecule has 3 heterocycles. The molecule has 6 N–H and O–H groups in total. The largest absolute Gasteiger partial charge is 0.508 e. The molecule has 6 atom stereocenters. The fourth-order valence-corrected chi connectivity index (χ4v) is 21.3. The summed E-state index contributed by atoms with van der Waals surface area (Å²) >= 11 is 0. The first-order chi connectivity index (χ1) is 39.3. The third-order valence-electron chi connectivity index (χ3n) is 23.1. The lowest BCUT2D eigenvalue weighted by Gasteiger charge is -2.50. The number of aliphatic hydroxyl groups excluding tert-OH is 1. The van der Waals surface area contributed by atoms with Crippen LogP contribution in [0, 0.1) is 0 Å². The maximum atomic E-state index is 14.5. The number of carbonyl (C=O) groups is 3. The Hall–Kier alpha value is -10.1. The van der Waals surface area contributed by atoms with E-state index in [9.17, 15) is 45.0 Å². The summed E-state index contributed by atoms with van der Waals surface area (Å²) < 4.78 is 24.2. The van der Waals surface area contributed by atoms with Crippen LogP contribution >= 0.6 is 0 Å². The van der Waals surface area contributed by atoms with Gasteiger partial charge in [-0.3, -0.25) is 0 Å². The van der Waals surface area contributed by atoms with Gasteiger partial charge in [0.25, 0.3) is 0 Å². The van der Waals surface area contributed by atoms with Gasteiger partial charge >= 0.3 is 17.9 Å². The van der Waals surface area contributed by atoms with Crippen molar-refractivity contribution >= 4 is 145 Å². The molecule has 15 aliphatic rings. The SMILES string of the molecule is O=C(O)c1cc2c3c4c5c6c7c(cc5c(O)c3c1)C=C1C=C(O)C=C3c5c(C(=O)O)cc8c9c(C(=O)O)ccc%10c9c9c%11c%12c(c(c5c%118)C75OC135)=C6C13OC41c1c-2cc(O)c2c1c1c4c5c(cc6cccc2c64)C=C(C=%10)C92OC52C=%12C=13. The van der Waals surface area contributed by atoms with Crippen molar-refractivity contribution in [2.45, 2.75) is 33.6 Å². The Morgan fingerprint density at radius 1 is 0.420 bits per heavy atom. The summed E-state index contributed by atoms with van der Waals surface area (Å²) in [6.45, 7) is 0. The van der Waals surface area contributed by atoms with Gasteiger partial charge < -0.3 is 44.8 Å². The summed E-state index contributed by atoms with van der Waals surface area (Å²) in [7, 11) is 0. The number of hydrogen-bond acceptors (Lipinski definition) is 9. The predicted molar refractivity (Wildman–Crippen MR) is 294 cm³/mol. The van der Waals surface area contributed by atoms with Gasteiger partial charge in [-0.25, -0.2) is 14.4 Å². The third-order valence-corrected chi connectivity index (χ3v) is 23.1. The van der Waals surface area contributed by atoms with Gasteiger partial charge in [-0.15, -0.1) is 0 Å². The first-order valence-electron chi connectivity index (χ1n) is 27.2. The van der Waals surface area contributed by atoms with Gasteiger partial charge in [-0.05, 0) is 181 Å². The average Bonchev–Trinajstić information content (AvgIpc) is 1.53. The summed E-state index contributed by atoms with van der Waals surface area (Å²) in [6, 6.07) is 20.6. The number of carboxylic acids is 3. The topological polar surface area (TPSA) is 210 Å². The number of fused-ring (bicyclic) bond motifs is 4. The van der Waals surface area contributed by atoms with Crippen molar-refractivity contribution in [3.8, 4) is 22.6 Å². The normalized spacial score (nSPS) is 29.4. The molecule has 0 aromatic heterocycles. The van der Waals surface area contributed by atoms with E-state index in [1.807, 2.05) is 24.3 Å². The minimum atomic E-state index is -1.37. The number of phenols is 2. The number of allylic oxidation sites excluding steroid dienone is 1. The van der Waals surface area contributed by atoms with Crippen molar-refractivity contribution in [1.29, 1.82) is 0 Å². The van der Waals surface area contributed by atoms with Crippen LogP contribution in [0.3, 0.4) is 0 Å². The van der Waals surface area contributed by atoms with Crippen molar-refractivity contribution in [2.75, 3.05) is 0 Å². The van der Waals surface area contributed by atoms with Gasteiger partial charge in [-0.2, -0.15) is 0 Å². The Morgan fingerprint density at radius 3 is 2.00 bits per heavy atom. The third kappa shape index (κ3) is 2.72. The fourth-order valence-electron chi connectivity index (χ4n) is 21.3. The molecule has 0 saturated carbocycles. The van der Waals surface area contributed by atoms with Crippen LogP contribution in [0.2, 0.25) is 0 Å². The maximum absolute atomic E-state index is 14.5. The van der Waals surface area contributed by atoms with Crippen molar-refractivity contribution in [2.24, 2.45) is 0 Å². The molecular formula is C69H22O12. The molecule has 26 rings (SSSR count). The Kier molecular flexibility index (Phi) is 4.46. The Bertz CT molecular complexity index is 6380. The van der Waals surface area contributed by atoms with E-state index in [0.29, 0.717) is 81.9 Å². The van der Waals surface area contributed by atoms with E-state index in [4.69, 9.17) is 14.2 Å². The summed E-state index contributed by atoms with van der Waals surface area (Å²) in [5, 5.41) is 86.9. The zero-order valence-corrected chi connectivity index (χ0v) is 40.9. The Morgan fingerprint density at radius 2 is 1.16 bits per heavy atom. The van der Waals surface area contributed by atoms with Crippen LogP contribution in [0.1, 0.15) is 86.7 Å². The van der Waals surface area contributed by atoms with Crippen LogP contribution in [0.4, 0.5) is 0 Å². The number of phenolic OH excluding ortho intramolecular Hbond substituents is 2. The summed E-state index contributed by atoms with van der Waals surface area (Å²) in [5.74, 6) is -3.76. The van der Waals surface area contributed by atoms with Gasteiger partial charge in [0.2, 0.25) is 0 Å². The maximum Gasteiger partial charge on any atom is 0.336 e. The highest BCUT2D eigenvalue weighted by atomic mass is 16.6. The molecule has 6 spiro atoms. The summed E-state index contributed by atoms with van der Waals surface area (Å²) in [4.78, 5) is 41.8. The number of carboxylic acid groups (broad SMARTS) is 3. The molecule has 3 fully saturated rings. The Labute approximate surface area is 447 Å². The van der Waals surface area contributed by atoms with E-state index in [2.05, 4.69) is 30.4 Å². The molecule has 12 nitrogen and oxygen atoms in total. The number of rotatable bonds is 3. The molecule has 0 bridgehead atoms. The van der Waals surface area contributed by atoms with Crippen LogP contribution in [0.15, 0.2) is 95.8 Å². The average molecular weight is 1040 g/mol. The van der Waals surface area contributed by atoms with Crippen molar-refractivity contribution < 1.29 is 59.2 Å². The zero-order valence-electron chi connectivity index (χ0n) is 40.9. The van der Waals surface area contributed by atoms with Crippen molar-refractivity contribution in [1.82, 2.24) is 0 Å². The highest BCUT2D eigenvalue weighted by Crippen LogP contribution is 2.88. The van der Waals surface area contributed by atoms with Gasteiger partial charge in [-0.1, -0.05) is 24.3 Å². The number of epoxide rings is 3. The molecular weight excluding hydrogens is 1020 g/mol. The molecule has 3 aliphatic heterocycles. The first-order valence-corrected chi connectivity index (χ1v) is 27.2. The molecule has 370 valence electrons. The smallest absolute Gasteiger partial charge is 0.336 e. The second kappa shape index (κ2) is 9.60. The molecule has 3 saturated heterocycles. The van der Waals surface area contributed by atoms with E-state index < -0.39 is 51.5 Å². The highest BCUT2D eigenvalue weighted by Gasteiger charge is 2.90. The predicted octanol–water partition coefficient (Wildman–Crippen LogP) is 8.60. The van der Waals surface area contributed by atoms with Crippen LogP contribution in [0.5, 0.6) is 11.5 Å². The van der Waals surface area contributed by atoms with Crippen molar-refractivity contribution in [3.63, 3.8) is 0 Å². The quantitative estimate of drug-likeness (QED) is 0.0558. The fraction of sp³-hybridized carbons (Fsp3) is 0.0870. The van der Waals surface area contributed by atoms with Crippen LogP contribution in [-0.2, 0) is 36.6 Å². The highest BCUT2D eigenvalue weighted by molar-refractivity contribution is 6.40. The van der Waals surface area contributed by atoms with Crippen LogP contribution in [0.25, 0.3) is 138 Å². The summed E-state index contributed by atoms with van der Waals surface area (Å²) in [5.41, 5.74) is 5.84. The van der Waals surface area contributed by atoms with Crippen molar-refractivity contribution in [3.05, 3.63) is 189 Å². The monoisotopic (exact) mass is 1040 g/mol.